The van der Waals surface area contributed by atoms with E-state index in [2.05, 4.69) is 24.3 Å². The second-order valence-electron chi connectivity index (χ2n) is 14.9. The number of rotatable bonds is 24. The molecular formula is C38H59BF2N3O3P. The number of benzene rings is 1. The maximum Gasteiger partial charge on any atom is 0.737 e. The smallest absolute Gasteiger partial charge is 0.737 e. The third-order valence-corrected chi connectivity index (χ3v) is 11.1. The number of quaternary nitrogens is 1. The van der Waals surface area contributed by atoms with E-state index in [1.807, 2.05) is 21.1 Å². The van der Waals surface area contributed by atoms with Gasteiger partial charge in [-0.15, -0.1) is 0 Å². The van der Waals surface area contributed by atoms with Crippen LogP contribution in [-0.4, -0.2) is 67.1 Å². The molecule has 0 spiro atoms. The minimum atomic E-state index is -3.86. The van der Waals surface area contributed by atoms with Crippen LogP contribution < -0.4 is 4.89 Å². The molecule has 2 aromatic rings. The van der Waals surface area contributed by atoms with Crippen molar-refractivity contribution in [3.8, 4) is 0 Å². The summed E-state index contributed by atoms with van der Waals surface area (Å²) in [4.78, 5) is 12.0. The van der Waals surface area contributed by atoms with Crippen LogP contribution in [0.25, 0.3) is 5.57 Å². The Hall–Kier alpha value is -2.32. The fourth-order valence-corrected chi connectivity index (χ4v) is 7.88. The van der Waals surface area contributed by atoms with E-state index in [1.54, 1.807) is 24.3 Å². The van der Waals surface area contributed by atoms with Crippen LogP contribution >= 0.6 is 7.60 Å². The first-order valence-electron chi connectivity index (χ1n) is 18.6. The summed E-state index contributed by atoms with van der Waals surface area (Å²) in [6.45, 7) is -2.89. The lowest BCUT2D eigenvalue weighted by Gasteiger charge is -2.30. The quantitative estimate of drug-likeness (QED) is 0.0479. The van der Waals surface area contributed by atoms with Crippen molar-refractivity contribution in [1.29, 1.82) is 0 Å². The fraction of sp³-hybridized carbons (Fsp3) is 0.605. The van der Waals surface area contributed by atoms with Crippen LogP contribution in [0.15, 0.2) is 60.4 Å². The van der Waals surface area contributed by atoms with E-state index in [0.29, 0.717) is 28.8 Å². The number of nitrogens with zero attached hydrogens (tertiary/aromatic N) is 3. The van der Waals surface area contributed by atoms with Crippen LogP contribution in [0.2, 0.25) is 0 Å². The predicted molar refractivity (Wildman–Crippen MR) is 195 cm³/mol. The van der Waals surface area contributed by atoms with Gasteiger partial charge >= 0.3 is 6.97 Å². The minimum absolute atomic E-state index is 0.169. The van der Waals surface area contributed by atoms with Gasteiger partial charge in [-0.05, 0) is 48.7 Å². The second kappa shape index (κ2) is 18.6. The number of aryl methyl sites for hydroxylation is 1. The summed E-state index contributed by atoms with van der Waals surface area (Å²) in [5, 5.41) is 0. The van der Waals surface area contributed by atoms with Crippen LogP contribution in [-0.2, 0) is 15.5 Å². The third kappa shape index (κ3) is 11.9. The van der Waals surface area contributed by atoms with E-state index in [0.717, 1.165) is 39.4 Å². The Morgan fingerprint density at radius 1 is 0.812 bits per heavy atom. The summed E-state index contributed by atoms with van der Waals surface area (Å²) >= 11 is 0. The van der Waals surface area contributed by atoms with E-state index in [9.17, 15) is 9.46 Å². The van der Waals surface area contributed by atoms with Crippen molar-refractivity contribution in [3.63, 3.8) is 0 Å². The van der Waals surface area contributed by atoms with Crippen molar-refractivity contribution in [1.82, 2.24) is 4.48 Å². The summed E-state index contributed by atoms with van der Waals surface area (Å²) < 4.78 is 50.2. The molecule has 2 aliphatic heterocycles. The monoisotopic (exact) mass is 685 g/mol. The minimum Gasteiger partial charge on any atom is -0.778 e. The Bertz CT molecular complexity index is 1430. The lowest BCUT2D eigenvalue weighted by atomic mass is 9.86. The molecule has 1 unspecified atom stereocenters. The molecule has 4 rings (SSSR count). The zero-order valence-electron chi connectivity index (χ0n) is 29.8. The average Bonchev–Trinajstić information content (AvgIpc) is 3.73. The van der Waals surface area contributed by atoms with E-state index >= 15 is 8.63 Å². The zero-order valence-corrected chi connectivity index (χ0v) is 30.7. The maximum absolute atomic E-state index is 15.0. The number of fused-ring (bicyclic) bond motifs is 2. The summed E-state index contributed by atoms with van der Waals surface area (Å²) in [7, 11) is 2.41. The van der Waals surface area contributed by atoms with E-state index < -0.39 is 14.6 Å². The molecule has 48 heavy (non-hydrogen) atoms. The van der Waals surface area contributed by atoms with Gasteiger partial charge in [0.15, 0.2) is 5.70 Å². The molecule has 1 atom stereocenters. The number of hydrogen-bond donors (Lipinski definition) is 0. The van der Waals surface area contributed by atoms with Crippen molar-refractivity contribution in [2.24, 2.45) is 0 Å². The van der Waals surface area contributed by atoms with Crippen molar-refractivity contribution < 1.29 is 31.6 Å². The molecule has 6 nitrogen and oxygen atoms in total. The first kappa shape index (κ1) is 38.5. The van der Waals surface area contributed by atoms with Gasteiger partial charge in [-0.25, -0.2) is 0 Å². The number of hydrogen-bond acceptors (Lipinski definition) is 3. The Balaban J connectivity index is 0.957. The normalized spacial score (nSPS) is 16.6. The van der Waals surface area contributed by atoms with Crippen LogP contribution in [0.3, 0.4) is 0 Å². The molecule has 2 aliphatic rings. The molecule has 0 saturated carbocycles. The highest BCUT2D eigenvalue weighted by Crippen LogP contribution is 2.39. The van der Waals surface area contributed by atoms with E-state index in [4.69, 9.17) is 4.52 Å². The largest absolute Gasteiger partial charge is 0.778 e. The van der Waals surface area contributed by atoms with Crippen molar-refractivity contribution >= 4 is 26.4 Å². The van der Waals surface area contributed by atoms with Gasteiger partial charge in [-0.1, -0.05) is 114 Å². The molecule has 3 heterocycles. The van der Waals surface area contributed by atoms with Crippen LogP contribution in [0.4, 0.5) is 8.63 Å². The summed E-state index contributed by atoms with van der Waals surface area (Å²) in [6.07, 6.45) is 27.2. The second-order valence-corrected chi connectivity index (χ2v) is 16.8. The molecule has 1 aromatic carbocycles. The third-order valence-electron chi connectivity index (χ3n) is 9.68. The molecule has 0 fully saturated rings. The molecule has 10 heteroatoms. The molecule has 0 bridgehead atoms. The molecule has 0 N–H and O–H groups in total. The first-order chi connectivity index (χ1) is 23.0. The fourth-order valence-electron chi connectivity index (χ4n) is 6.78. The maximum atomic E-state index is 15.0. The molecule has 1 aromatic heterocycles. The average molecular weight is 686 g/mol. The van der Waals surface area contributed by atoms with Crippen molar-refractivity contribution in [3.05, 3.63) is 77.3 Å². The summed E-state index contributed by atoms with van der Waals surface area (Å²) in [6, 6.07) is 12.0. The van der Waals surface area contributed by atoms with Gasteiger partial charge in [-0.3, -0.25) is 0 Å². The van der Waals surface area contributed by atoms with Gasteiger partial charge in [0.1, 0.15) is 27.0 Å². The summed E-state index contributed by atoms with van der Waals surface area (Å²) in [5.41, 5.74) is 4.28. The van der Waals surface area contributed by atoms with E-state index in [-0.39, 0.29) is 12.8 Å². The number of unbranched alkanes of at least 4 members (excludes halogenated alkanes) is 15. The van der Waals surface area contributed by atoms with Crippen LogP contribution in [0.1, 0.15) is 120 Å². The lowest BCUT2D eigenvalue weighted by molar-refractivity contribution is -0.870. The van der Waals surface area contributed by atoms with Crippen LogP contribution in [0, 0.1) is 0 Å². The molecule has 266 valence electrons. The van der Waals surface area contributed by atoms with Gasteiger partial charge in [-0.2, -0.15) is 0 Å². The van der Waals surface area contributed by atoms with Gasteiger partial charge < -0.3 is 36.1 Å². The van der Waals surface area contributed by atoms with Crippen molar-refractivity contribution in [2.45, 2.75) is 109 Å². The lowest BCUT2D eigenvalue weighted by Crippen LogP contribution is -2.49. The highest BCUT2D eigenvalue weighted by molar-refractivity contribution is 7.51. The standard InChI is InChI=1S/C38H59BF2N3O3P/c1-44(2,3)31-32-47-48(45,46)33-19-17-15-13-11-9-7-5-4-6-8-10-12-14-16-18-22-34-25-27-35(28-26-34)38-36-23-20-29-42(36)39(40,41)43-30-21-24-37(38)43/h20-21,23-30H,4-19,22,31-33H2,1-3H3. The highest BCUT2D eigenvalue weighted by atomic mass is 31.2. The molecule has 0 aliphatic carbocycles. The van der Waals surface area contributed by atoms with Crippen molar-refractivity contribution in [2.75, 3.05) is 40.5 Å². The Morgan fingerprint density at radius 3 is 1.92 bits per heavy atom. The number of likely N-dealkylation sites (N-methyl/N-ethyl adjacent to an activating group) is 1. The highest BCUT2D eigenvalue weighted by Gasteiger charge is 2.51. The number of halogens is 2. The Labute approximate surface area is 288 Å². The SMILES string of the molecule is C[N+](C)(C)CCOP(=O)([O-])CCCCCCCCCCCCCCCCCCc1ccc(C2=C3C=CC=[N+]3[B-](F)(F)n3cccc32)cc1. The number of aromatic nitrogens is 1. The van der Waals surface area contributed by atoms with Gasteiger partial charge in [0.2, 0.25) is 0 Å². The molecular weight excluding hydrogens is 626 g/mol. The van der Waals surface area contributed by atoms with Gasteiger partial charge in [0.05, 0.1) is 26.7 Å². The van der Waals surface area contributed by atoms with Gasteiger partial charge in [0.25, 0.3) is 0 Å². The Morgan fingerprint density at radius 2 is 1.35 bits per heavy atom. The molecule has 0 amide bonds. The summed E-state index contributed by atoms with van der Waals surface area (Å²) in [5.74, 6) is 0. The van der Waals surface area contributed by atoms with Gasteiger partial charge in [0, 0.05) is 24.0 Å². The topological polar surface area (TPSA) is 57.3 Å². The molecule has 0 saturated heterocycles. The zero-order chi connectivity index (χ0) is 34.5. The van der Waals surface area contributed by atoms with Crippen LogP contribution in [0.5, 0.6) is 0 Å². The first-order valence-corrected chi connectivity index (χ1v) is 20.3. The number of allylic oxidation sites excluding steroid dienone is 2. The molecule has 0 radical (unpaired) electrons. The predicted octanol–water partition coefficient (Wildman–Crippen LogP) is 9.20. The Kier molecular flexibility index (Phi) is 14.9. The van der Waals surface area contributed by atoms with E-state index in [1.165, 1.54) is 101 Å².